The second-order valence-electron chi connectivity index (χ2n) is 5.19. The van der Waals surface area contributed by atoms with E-state index in [0.717, 1.165) is 12.8 Å². The van der Waals surface area contributed by atoms with E-state index >= 15 is 0 Å². The van der Waals surface area contributed by atoms with Crippen LogP contribution in [0, 0.1) is 0 Å². The van der Waals surface area contributed by atoms with Gasteiger partial charge in [-0.25, -0.2) is 18.4 Å². The maximum atomic E-state index is 12.8. The number of hydrogen-bond donors (Lipinski definition) is 1. The Morgan fingerprint density at radius 3 is 2.73 bits per heavy atom. The molecule has 1 saturated heterocycles. The molecule has 3 heterocycles. The van der Waals surface area contributed by atoms with Crippen molar-refractivity contribution in [2.45, 2.75) is 23.9 Å². The Hall–Kier alpha value is -2.00. The summed E-state index contributed by atoms with van der Waals surface area (Å²) in [6.45, 7) is 0.462. The molecule has 0 radical (unpaired) electrons. The second kappa shape index (κ2) is 5.65. The lowest BCUT2D eigenvalue weighted by atomic mass is 10.1. The van der Waals surface area contributed by atoms with Crippen LogP contribution in [0.4, 0.5) is 5.82 Å². The van der Waals surface area contributed by atoms with E-state index in [4.69, 9.17) is 0 Å². The van der Waals surface area contributed by atoms with Crippen LogP contribution in [0.1, 0.15) is 24.6 Å². The number of anilines is 1. The lowest BCUT2D eigenvalue weighted by Gasteiger charge is -2.23. The van der Waals surface area contributed by atoms with Crippen molar-refractivity contribution in [1.82, 2.24) is 23.8 Å². The third-order valence-electron chi connectivity index (χ3n) is 3.74. The van der Waals surface area contributed by atoms with Gasteiger partial charge in [0.2, 0.25) is 0 Å². The molecular weight excluding hydrogens is 304 g/mol. The predicted octanol–water partition coefficient (Wildman–Crippen LogP) is 0.778. The minimum atomic E-state index is -3.63. The van der Waals surface area contributed by atoms with Crippen LogP contribution in [-0.2, 0) is 17.1 Å². The molecular formula is C13H18N6O2S. The van der Waals surface area contributed by atoms with Crippen LogP contribution in [0.3, 0.4) is 0 Å². The first kappa shape index (κ1) is 14.9. The zero-order chi connectivity index (χ0) is 15.7. The smallest absolute Gasteiger partial charge is 0.262 e. The van der Waals surface area contributed by atoms with Crippen molar-refractivity contribution in [3.63, 3.8) is 0 Å². The molecule has 118 valence electrons. The minimum Gasteiger partial charge on any atom is -0.372 e. The molecule has 1 aliphatic heterocycles. The summed E-state index contributed by atoms with van der Waals surface area (Å²) in [6.07, 6.45) is 7.68. The first-order valence-electron chi connectivity index (χ1n) is 7.02. The average molecular weight is 322 g/mol. The molecule has 2 aromatic rings. The van der Waals surface area contributed by atoms with Gasteiger partial charge in [-0.15, -0.1) is 0 Å². The highest BCUT2D eigenvalue weighted by molar-refractivity contribution is 7.89. The quantitative estimate of drug-likeness (QED) is 0.894. The van der Waals surface area contributed by atoms with Crippen LogP contribution in [0.5, 0.6) is 0 Å². The van der Waals surface area contributed by atoms with Gasteiger partial charge >= 0.3 is 0 Å². The number of hydrogen-bond acceptors (Lipinski definition) is 6. The predicted molar refractivity (Wildman–Crippen MR) is 80.7 cm³/mol. The minimum absolute atomic E-state index is 0.0665. The van der Waals surface area contributed by atoms with Crippen molar-refractivity contribution in [1.29, 1.82) is 0 Å². The molecule has 1 aliphatic rings. The van der Waals surface area contributed by atoms with Gasteiger partial charge in [0.25, 0.3) is 10.0 Å². The Kier molecular flexibility index (Phi) is 3.83. The van der Waals surface area contributed by atoms with Crippen molar-refractivity contribution in [3.05, 3.63) is 30.6 Å². The number of aromatic nitrogens is 4. The van der Waals surface area contributed by atoms with Crippen LogP contribution in [0.25, 0.3) is 0 Å². The number of aryl methyl sites for hydroxylation is 1. The lowest BCUT2D eigenvalue weighted by Crippen LogP contribution is -2.31. The fourth-order valence-electron chi connectivity index (χ4n) is 2.73. The highest BCUT2D eigenvalue weighted by Gasteiger charge is 2.39. The molecule has 0 aliphatic carbocycles. The van der Waals surface area contributed by atoms with Gasteiger partial charge in [0.1, 0.15) is 11.5 Å². The average Bonchev–Trinajstić information content (AvgIpc) is 3.16. The zero-order valence-electron chi connectivity index (χ0n) is 12.5. The van der Waals surface area contributed by atoms with Crippen molar-refractivity contribution < 1.29 is 8.42 Å². The van der Waals surface area contributed by atoms with E-state index in [2.05, 4.69) is 20.3 Å². The van der Waals surface area contributed by atoms with E-state index in [0.29, 0.717) is 18.1 Å². The van der Waals surface area contributed by atoms with Gasteiger partial charge in [-0.05, 0) is 12.8 Å². The number of nitrogens with zero attached hydrogens (tertiary/aromatic N) is 5. The van der Waals surface area contributed by atoms with Crippen molar-refractivity contribution >= 4 is 15.8 Å². The lowest BCUT2D eigenvalue weighted by molar-refractivity contribution is 0.389. The maximum absolute atomic E-state index is 12.8. The van der Waals surface area contributed by atoms with Crippen molar-refractivity contribution in [3.8, 4) is 0 Å². The SMILES string of the molecule is CNc1nccnc1[C@H]1CCCN1S(=O)(=O)c1cn(C)cn1. The van der Waals surface area contributed by atoms with E-state index < -0.39 is 10.0 Å². The van der Waals surface area contributed by atoms with Gasteiger partial charge in [-0.3, -0.25) is 4.98 Å². The summed E-state index contributed by atoms with van der Waals surface area (Å²) in [7, 11) is -0.139. The van der Waals surface area contributed by atoms with Gasteiger partial charge in [-0.2, -0.15) is 4.31 Å². The first-order chi connectivity index (χ1) is 10.5. The number of rotatable bonds is 4. The van der Waals surface area contributed by atoms with Gasteiger partial charge in [-0.1, -0.05) is 0 Å². The van der Waals surface area contributed by atoms with Crippen LogP contribution in [-0.4, -0.2) is 45.8 Å². The summed E-state index contributed by atoms with van der Waals surface area (Å²) in [6, 6.07) is -0.317. The second-order valence-corrected chi connectivity index (χ2v) is 7.03. The largest absolute Gasteiger partial charge is 0.372 e. The summed E-state index contributed by atoms with van der Waals surface area (Å²) >= 11 is 0. The standard InChI is InChI=1S/C13H18N6O2S/c1-14-13-12(15-5-6-16-13)10-4-3-7-19(10)22(20,21)11-8-18(2)9-17-11/h5-6,8-10H,3-4,7H2,1-2H3,(H,14,16)/t10-/m1/s1. The highest BCUT2D eigenvalue weighted by Crippen LogP contribution is 2.37. The molecule has 8 nitrogen and oxygen atoms in total. The van der Waals surface area contributed by atoms with Gasteiger partial charge in [0.05, 0.1) is 12.4 Å². The molecule has 0 spiro atoms. The molecule has 0 unspecified atom stereocenters. The third-order valence-corrected chi connectivity index (χ3v) is 5.53. The van der Waals surface area contributed by atoms with Gasteiger partial charge in [0.15, 0.2) is 5.03 Å². The van der Waals surface area contributed by atoms with E-state index in [1.165, 1.54) is 16.8 Å². The highest BCUT2D eigenvalue weighted by atomic mass is 32.2. The summed E-state index contributed by atoms with van der Waals surface area (Å²) < 4.78 is 28.7. The summed E-state index contributed by atoms with van der Waals surface area (Å²) in [4.78, 5) is 12.5. The topological polar surface area (TPSA) is 93.0 Å². The fourth-order valence-corrected chi connectivity index (χ4v) is 4.36. The zero-order valence-corrected chi connectivity index (χ0v) is 13.3. The molecule has 3 rings (SSSR count). The van der Waals surface area contributed by atoms with Crippen LogP contribution in [0.15, 0.2) is 29.9 Å². The van der Waals surface area contributed by atoms with Crippen molar-refractivity contribution in [2.75, 3.05) is 18.9 Å². The number of imidazole rings is 1. The molecule has 0 bridgehead atoms. The molecule has 1 N–H and O–H groups in total. The van der Waals surface area contributed by atoms with E-state index in [1.54, 1.807) is 31.1 Å². The fraction of sp³-hybridized carbons (Fsp3) is 0.462. The Bertz CT molecular complexity index is 772. The Morgan fingerprint density at radius 1 is 1.27 bits per heavy atom. The van der Waals surface area contributed by atoms with E-state index in [-0.39, 0.29) is 11.1 Å². The van der Waals surface area contributed by atoms with Crippen LogP contribution in [0.2, 0.25) is 0 Å². The third kappa shape index (κ3) is 2.46. The molecule has 2 aromatic heterocycles. The molecule has 22 heavy (non-hydrogen) atoms. The number of nitrogens with one attached hydrogen (secondary N) is 1. The Balaban J connectivity index is 2.00. The van der Waals surface area contributed by atoms with Crippen LogP contribution < -0.4 is 5.32 Å². The van der Waals surface area contributed by atoms with Crippen molar-refractivity contribution in [2.24, 2.45) is 7.05 Å². The summed E-state index contributed by atoms with van der Waals surface area (Å²) in [5.41, 5.74) is 0.655. The normalized spacial score (nSPS) is 19.5. The molecule has 1 atom stereocenters. The molecule has 0 aromatic carbocycles. The molecule has 1 fully saturated rings. The molecule has 9 heteroatoms. The van der Waals surface area contributed by atoms with E-state index in [1.807, 2.05) is 0 Å². The summed E-state index contributed by atoms with van der Waals surface area (Å²) in [5, 5.41) is 3.04. The van der Waals surface area contributed by atoms with Crippen LogP contribution >= 0.6 is 0 Å². The Labute approximate surface area is 129 Å². The Morgan fingerprint density at radius 2 is 2.05 bits per heavy atom. The number of sulfonamides is 1. The molecule has 0 saturated carbocycles. The molecule has 0 amide bonds. The first-order valence-corrected chi connectivity index (χ1v) is 8.46. The summed E-state index contributed by atoms with van der Waals surface area (Å²) in [5.74, 6) is 0.607. The van der Waals surface area contributed by atoms with Gasteiger partial charge in [0, 0.05) is 39.2 Å². The monoisotopic (exact) mass is 322 g/mol. The maximum Gasteiger partial charge on any atom is 0.262 e. The van der Waals surface area contributed by atoms with E-state index in [9.17, 15) is 8.42 Å². The van der Waals surface area contributed by atoms with Gasteiger partial charge < -0.3 is 9.88 Å².